The van der Waals surface area contributed by atoms with E-state index in [4.69, 9.17) is 4.84 Å². The number of hydrogen-bond donors (Lipinski definition) is 1. The largest absolute Gasteiger partial charge is 0.395 e. The summed E-state index contributed by atoms with van der Waals surface area (Å²) >= 11 is 0. The molecule has 0 atom stereocenters. The van der Waals surface area contributed by atoms with E-state index >= 15 is 0 Å². The lowest BCUT2D eigenvalue weighted by Crippen LogP contribution is -2.17. The maximum Gasteiger partial charge on any atom is 0.275 e. The first-order valence-corrected chi connectivity index (χ1v) is 9.42. The number of sulfone groups is 1. The molecular formula is C16H17N3O5S. The van der Waals surface area contributed by atoms with E-state index in [1.54, 1.807) is 14.0 Å². The minimum absolute atomic E-state index is 0.00623. The Bertz CT molecular complexity index is 1060. The van der Waals surface area contributed by atoms with Gasteiger partial charge in [-0.25, -0.2) is 8.42 Å². The molecule has 8 nitrogen and oxygen atoms in total. The second kappa shape index (κ2) is 5.99. The molecular weight excluding hydrogens is 346 g/mol. The SMILES string of the molecule is Cc1c(C(=O)c2cn(C)[nH]c2=O)ccc(S(C)(=O)=O)c1C1=NOCC1. The van der Waals surface area contributed by atoms with Crippen molar-refractivity contribution in [3.05, 3.63) is 50.9 Å². The molecule has 0 saturated heterocycles. The summed E-state index contributed by atoms with van der Waals surface area (Å²) in [5, 5.41) is 6.39. The fraction of sp³-hybridized carbons (Fsp3) is 0.312. The predicted molar refractivity (Wildman–Crippen MR) is 90.9 cm³/mol. The predicted octanol–water partition coefficient (Wildman–Crippen LogP) is 0.781. The molecule has 2 aromatic rings. The van der Waals surface area contributed by atoms with Crippen LogP contribution in [0.2, 0.25) is 0 Å². The first-order chi connectivity index (χ1) is 11.7. The fourth-order valence-corrected chi connectivity index (χ4v) is 3.85. The van der Waals surface area contributed by atoms with E-state index < -0.39 is 21.2 Å². The van der Waals surface area contributed by atoms with Crippen LogP contribution in [-0.2, 0) is 21.7 Å². The van der Waals surface area contributed by atoms with E-state index in [0.29, 0.717) is 29.9 Å². The van der Waals surface area contributed by atoms with Crippen molar-refractivity contribution in [2.45, 2.75) is 18.2 Å². The van der Waals surface area contributed by atoms with E-state index in [-0.39, 0.29) is 16.0 Å². The quantitative estimate of drug-likeness (QED) is 0.807. The second-order valence-corrected chi connectivity index (χ2v) is 7.91. The van der Waals surface area contributed by atoms with Crippen LogP contribution >= 0.6 is 0 Å². The Morgan fingerprint density at radius 1 is 1.32 bits per heavy atom. The van der Waals surface area contributed by atoms with Gasteiger partial charge in [0.15, 0.2) is 15.6 Å². The molecule has 1 aliphatic heterocycles. The Morgan fingerprint density at radius 3 is 2.56 bits per heavy atom. The van der Waals surface area contributed by atoms with Crippen LogP contribution in [0.5, 0.6) is 0 Å². The maximum atomic E-state index is 12.8. The van der Waals surface area contributed by atoms with Crippen molar-refractivity contribution in [2.24, 2.45) is 12.2 Å². The van der Waals surface area contributed by atoms with Gasteiger partial charge >= 0.3 is 0 Å². The van der Waals surface area contributed by atoms with Gasteiger partial charge in [-0.05, 0) is 24.6 Å². The smallest absolute Gasteiger partial charge is 0.275 e. The van der Waals surface area contributed by atoms with Gasteiger partial charge in [-0.2, -0.15) is 0 Å². The molecule has 1 aliphatic rings. The fourth-order valence-electron chi connectivity index (χ4n) is 2.89. The minimum Gasteiger partial charge on any atom is -0.395 e. The molecule has 25 heavy (non-hydrogen) atoms. The summed E-state index contributed by atoms with van der Waals surface area (Å²) < 4.78 is 25.7. The topological polar surface area (TPSA) is 111 Å². The van der Waals surface area contributed by atoms with E-state index in [0.717, 1.165) is 6.26 Å². The van der Waals surface area contributed by atoms with Crippen molar-refractivity contribution in [3.63, 3.8) is 0 Å². The van der Waals surface area contributed by atoms with Crippen LogP contribution in [0, 0.1) is 6.92 Å². The summed E-state index contributed by atoms with van der Waals surface area (Å²) in [6.45, 7) is 2.00. The number of aromatic nitrogens is 2. The van der Waals surface area contributed by atoms with Crippen molar-refractivity contribution in [1.29, 1.82) is 0 Å². The van der Waals surface area contributed by atoms with Gasteiger partial charge in [-0.15, -0.1) is 0 Å². The maximum absolute atomic E-state index is 12.8. The van der Waals surface area contributed by atoms with Crippen LogP contribution in [0.1, 0.15) is 33.5 Å². The van der Waals surface area contributed by atoms with Crippen LogP contribution in [0.4, 0.5) is 0 Å². The Balaban J connectivity index is 2.23. The Hall–Kier alpha value is -2.68. The van der Waals surface area contributed by atoms with E-state index in [2.05, 4.69) is 10.3 Å². The summed E-state index contributed by atoms with van der Waals surface area (Å²) in [5.41, 5.74) is 1.07. The highest BCUT2D eigenvalue weighted by atomic mass is 32.2. The van der Waals surface area contributed by atoms with Gasteiger partial charge in [0.25, 0.3) is 5.56 Å². The molecule has 3 rings (SSSR count). The summed E-state index contributed by atoms with van der Waals surface area (Å²) in [6, 6.07) is 2.81. The minimum atomic E-state index is -3.52. The number of benzene rings is 1. The van der Waals surface area contributed by atoms with Gasteiger partial charge in [-0.3, -0.25) is 19.4 Å². The summed E-state index contributed by atoms with van der Waals surface area (Å²) in [4.78, 5) is 29.8. The van der Waals surface area contributed by atoms with Crippen molar-refractivity contribution in [1.82, 2.24) is 9.78 Å². The number of nitrogens with zero attached hydrogens (tertiary/aromatic N) is 2. The van der Waals surface area contributed by atoms with Crippen LogP contribution < -0.4 is 5.56 Å². The highest BCUT2D eigenvalue weighted by Gasteiger charge is 2.27. The van der Waals surface area contributed by atoms with Crippen molar-refractivity contribution < 1.29 is 18.0 Å². The van der Waals surface area contributed by atoms with Gasteiger partial charge < -0.3 is 4.84 Å². The second-order valence-electron chi connectivity index (χ2n) is 5.93. The normalized spacial score (nSPS) is 14.3. The Labute approximate surface area is 144 Å². The number of ketones is 1. The van der Waals surface area contributed by atoms with Crippen molar-refractivity contribution >= 4 is 21.3 Å². The number of H-pyrrole nitrogens is 1. The van der Waals surface area contributed by atoms with Gasteiger partial charge in [0.2, 0.25) is 0 Å². The van der Waals surface area contributed by atoms with Gasteiger partial charge in [-0.1, -0.05) is 5.16 Å². The number of rotatable bonds is 4. The molecule has 0 saturated carbocycles. The van der Waals surface area contributed by atoms with Gasteiger partial charge in [0.05, 0.1) is 10.6 Å². The summed E-state index contributed by atoms with van der Waals surface area (Å²) in [6.07, 6.45) is 2.96. The zero-order valence-corrected chi connectivity index (χ0v) is 14.8. The number of aryl methyl sites for hydroxylation is 1. The lowest BCUT2D eigenvalue weighted by molar-refractivity contribution is 0.103. The number of carbonyl (C=O) groups excluding carboxylic acids is 1. The van der Waals surface area contributed by atoms with E-state index in [9.17, 15) is 18.0 Å². The molecule has 1 N–H and O–H groups in total. The first kappa shape index (κ1) is 17.2. The molecule has 0 fully saturated rings. The molecule has 0 amide bonds. The Morgan fingerprint density at radius 2 is 2.04 bits per heavy atom. The number of oxime groups is 1. The highest BCUT2D eigenvalue weighted by Crippen LogP contribution is 2.27. The third-order valence-electron chi connectivity index (χ3n) is 4.05. The van der Waals surface area contributed by atoms with Crippen LogP contribution in [0.3, 0.4) is 0 Å². The zero-order chi connectivity index (χ0) is 18.4. The molecule has 0 radical (unpaired) electrons. The molecule has 0 unspecified atom stereocenters. The van der Waals surface area contributed by atoms with Crippen LogP contribution in [-0.4, -0.2) is 42.6 Å². The van der Waals surface area contributed by atoms with Crippen molar-refractivity contribution in [2.75, 3.05) is 12.9 Å². The molecule has 2 heterocycles. The van der Waals surface area contributed by atoms with Crippen molar-refractivity contribution in [3.8, 4) is 0 Å². The third-order valence-corrected chi connectivity index (χ3v) is 5.19. The highest BCUT2D eigenvalue weighted by molar-refractivity contribution is 7.90. The first-order valence-electron chi connectivity index (χ1n) is 7.53. The Kier molecular flexibility index (Phi) is 4.11. The summed E-state index contributed by atoms with van der Waals surface area (Å²) in [7, 11) is -1.92. The lowest BCUT2D eigenvalue weighted by Gasteiger charge is -2.13. The number of carbonyl (C=O) groups is 1. The number of hydrogen-bond acceptors (Lipinski definition) is 6. The lowest BCUT2D eigenvalue weighted by atomic mass is 9.93. The van der Waals surface area contributed by atoms with Crippen LogP contribution in [0.25, 0.3) is 0 Å². The van der Waals surface area contributed by atoms with Gasteiger partial charge in [0.1, 0.15) is 12.2 Å². The third kappa shape index (κ3) is 3.02. The molecule has 0 bridgehead atoms. The standard InChI is InChI=1S/C16H17N3O5S/c1-9-10(15(20)11-8-19(2)17-16(11)21)4-5-13(25(3,22)23)14(9)12-6-7-24-18-12/h4-5,8H,6-7H2,1-3H3,(H,17,21). The molecule has 0 aliphatic carbocycles. The molecule has 132 valence electrons. The zero-order valence-electron chi connectivity index (χ0n) is 14.0. The van der Waals surface area contributed by atoms with Gasteiger partial charge in [0, 0.05) is 37.0 Å². The molecule has 9 heteroatoms. The van der Waals surface area contributed by atoms with E-state index in [1.807, 2.05) is 0 Å². The monoisotopic (exact) mass is 363 g/mol. The molecule has 0 spiro atoms. The molecule has 1 aromatic heterocycles. The average molecular weight is 363 g/mol. The number of nitrogens with one attached hydrogen (secondary N) is 1. The summed E-state index contributed by atoms with van der Waals surface area (Å²) in [5.74, 6) is -0.472. The molecule has 1 aromatic carbocycles. The number of aromatic amines is 1. The average Bonchev–Trinajstić information content (AvgIpc) is 3.14. The van der Waals surface area contributed by atoms with Crippen LogP contribution in [0.15, 0.2) is 33.2 Å². The van der Waals surface area contributed by atoms with E-state index in [1.165, 1.54) is 23.0 Å².